The molecule has 8 heteroatoms. The molecule has 0 radical (unpaired) electrons. The van der Waals surface area contributed by atoms with Crippen molar-refractivity contribution in [1.82, 2.24) is 9.62 Å². The van der Waals surface area contributed by atoms with Crippen LogP contribution in [0, 0.1) is 20.8 Å². The fourth-order valence-electron chi connectivity index (χ4n) is 3.50. The minimum atomic E-state index is -3.95. The molecule has 1 aromatic carbocycles. The Morgan fingerprint density at radius 1 is 1.15 bits per heavy atom. The van der Waals surface area contributed by atoms with Gasteiger partial charge >= 0.3 is 5.97 Å². The molecule has 1 fully saturated rings. The SMILES string of the molecule is Cc1cc(C)c(S(=O)(=O)N[C@@H](CCC(=O)O)C(=O)N2CCCC2)c(C)c1. The van der Waals surface area contributed by atoms with Gasteiger partial charge in [-0.1, -0.05) is 17.7 Å². The van der Waals surface area contributed by atoms with Crippen LogP contribution < -0.4 is 4.72 Å². The highest BCUT2D eigenvalue weighted by atomic mass is 32.2. The minimum absolute atomic E-state index is 0.0755. The molecule has 1 aromatic rings. The van der Waals surface area contributed by atoms with Gasteiger partial charge in [-0.05, 0) is 51.2 Å². The Morgan fingerprint density at radius 3 is 2.19 bits per heavy atom. The number of nitrogens with one attached hydrogen (secondary N) is 1. The molecule has 7 nitrogen and oxygen atoms in total. The highest BCUT2D eigenvalue weighted by Gasteiger charge is 2.32. The van der Waals surface area contributed by atoms with E-state index in [1.54, 1.807) is 30.9 Å². The zero-order valence-electron chi connectivity index (χ0n) is 15.4. The van der Waals surface area contributed by atoms with E-state index in [9.17, 15) is 18.0 Å². The van der Waals surface area contributed by atoms with Gasteiger partial charge in [0, 0.05) is 19.5 Å². The highest BCUT2D eigenvalue weighted by Crippen LogP contribution is 2.23. The molecule has 1 heterocycles. The lowest BCUT2D eigenvalue weighted by molar-refractivity contribution is -0.137. The van der Waals surface area contributed by atoms with E-state index >= 15 is 0 Å². The summed E-state index contributed by atoms with van der Waals surface area (Å²) in [7, 11) is -3.95. The first kappa shape index (κ1) is 20.4. The Morgan fingerprint density at radius 2 is 1.69 bits per heavy atom. The number of carboxylic acid groups (broad SMARTS) is 1. The van der Waals surface area contributed by atoms with Gasteiger partial charge in [0.2, 0.25) is 15.9 Å². The van der Waals surface area contributed by atoms with Gasteiger partial charge in [0.1, 0.15) is 6.04 Å². The second-order valence-electron chi connectivity index (χ2n) is 6.87. The largest absolute Gasteiger partial charge is 0.481 e. The second-order valence-corrected chi connectivity index (χ2v) is 8.52. The molecule has 0 aromatic heterocycles. The number of aryl methyl sites for hydroxylation is 3. The molecule has 26 heavy (non-hydrogen) atoms. The molecule has 0 unspecified atom stereocenters. The number of sulfonamides is 1. The van der Waals surface area contributed by atoms with Crippen LogP contribution in [0.2, 0.25) is 0 Å². The lowest BCUT2D eigenvalue weighted by Gasteiger charge is -2.24. The number of carbonyl (C=O) groups excluding carboxylic acids is 1. The second kappa shape index (κ2) is 8.18. The van der Waals surface area contributed by atoms with E-state index < -0.39 is 22.0 Å². The maximum atomic E-state index is 12.9. The standard InChI is InChI=1S/C18H26N2O5S/c1-12-10-13(2)17(14(3)11-12)26(24,25)19-15(6-7-16(21)22)18(23)20-8-4-5-9-20/h10-11,15,19H,4-9H2,1-3H3,(H,21,22)/t15-/m0/s1. The molecule has 0 saturated carbocycles. The summed E-state index contributed by atoms with van der Waals surface area (Å²) in [6, 6.07) is 2.47. The predicted octanol–water partition coefficient (Wildman–Crippen LogP) is 1.75. The Hall–Kier alpha value is -1.93. The third-order valence-corrected chi connectivity index (χ3v) is 6.31. The summed E-state index contributed by atoms with van der Waals surface area (Å²) in [5.74, 6) is -1.42. The third kappa shape index (κ3) is 4.82. The van der Waals surface area contributed by atoms with Gasteiger partial charge in [-0.3, -0.25) is 9.59 Å². The maximum absolute atomic E-state index is 12.9. The van der Waals surface area contributed by atoms with Crippen molar-refractivity contribution in [3.8, 4) is 0 Å². The number of aliphatic carboxylic acids is 1. The Bertz CT molecular complexity index is 775. The molecule has 0 bridgehead atoms. The topological polar surface area (TPSA) is 104 Å². The van der Waals surface area contributed by atoms with Crippen LogP contribution in [0.25, 0.3) is 0 Å². The smallest absolute Gasteiger partial charge is 0.303 e. The Balaban J connectivity index is 2.30. The summed E-state index contributed by atoms with van der Waals surface area (Å²) in [4.78, 5) is 25.4. The lowest BCUT2D eigenvalue weighted by Crippen LogP contribution is -2.48. The summed E-state index contributed by atoms with van der Waals surface area (Å²) in [5, 5.41) is 8.94. The monoisotopic (exact) mass is 382 g/mol. The van der Waals surface area contributed by atoms with Gasteiger partial charge in [-0.2, -0.15) is 4.72 Å². The van der Waals surface area contributed by atoms with Crippen LogP contribution in [0.15, 0.2) is 17.0 Å². The Kier molecular flexibility index (Phi) is 6.41. The fraction of sp³-hybridized carbons (Fsp3) is 0.556. The predicted molar refractivity (Wildman–Crippen MR) is 97.4 cm³/mol. The molecular weight excluding hydrogens is 356 g/mol. The first-order chi connectivity index (χ1) is 12.1. The van der Waals surface area contributed by atoms with E-state index in [1.807, 2.05) is 6.92 Å². The fourth-order valence-corrected chi connectivity index (χ4v) is 5.17. The molecule has 1 amide bonds. The van der Waals surface area contributed by atoms with Crippen molar-refractivity contribution < 1.29 is 23.1 Å². The van der Waals surface area contributed by atoms with Crippen molar-refractivity contribution in [2.24, 2.45) is 0 Å². The normalized spacial score (nSPS) is 15.9. The van der Waals surface area contributed by atoms with Crippen molar-refractivity contribution in [3.05, 3.63) is 28.8 Å². The van der Waals surface area contributed by atoms with Crippen LogP contribution in [-0.4, -0.2) is 49.4 Å². The number of likely N-dealkylation sites (tertiary alicyclic amines) is 1. The quantitative estimate of drug-likeness (QED) is 0.748. The van der Waals surface area contributed by atoms with E-state index in [0.29, 0.717) is 24.2 Å². The summed E-state index contributed by atoms with van der Waals surface area (Å²) in [6.07, 6.45) is 1.40. The van der Waals surface area contributed by atoms with E-state index in [-0.39, 0.29) is 23.6 Å². The van der Waals surface area contributed by atoms with Crippen LogP contribution in [-0.2, 0) is 19.6 Å². The molecule has 2 N–H and O–H groups in total. The molecule has 144 valence electrons. The molecule has 0 aliphatic carbocycles. The minimum Gasteiger partial charge on any atom is -0.481 e. The number of rotatable bonds is 7. The highest BCUT2D eigenvalue weighted by molar-refractivity contribution is 7.89. The summed E-state index contributed by atoms with van der Waals surface area (Å²) in [6.45, 7) is 6.46. The zero-order chi connectivity index (χ0) is 19.5. The average Bonchev–Trinajstić information content (AvgIpc) is 3.03. The molecular formula is C18H26N2O5S. The number of hydrogen-bond donors (Lipinski definition) is 2. The number of carbonyl (C=O) groups is 2. The molecule has 1 atom stereocenters. The first-order valence-corrected chi connectivity index (χ1v) is 10.2. The maximum Gasteiger partial charge on any atom is 0.303 e. The van der Waals surface area contributed by atoms with Crippen molar-refractivity contribution in [3.63, 3.8) is 0 Å². The van der Waals surface area contributed by atoms with E-state index in [0.717, 1.165) is 18.4 Å². The molecule has 2 rings (SSSR count). The van der Waals surface area contributed by atoms with Gasteiger partial charge in [-0.25, -0.2) is 8.42 Å². The number of amides is 1. The lowest BCUT2D eigenvalue weighted by atomic mass is 10.1. The van der Waals surface area contributed by atoms with E-state index in [2.05, 4.69) is 4.72 Å². The van der Waals surface area contributed by atoms with Gasteiger partial charge in [0.25, 0.3) is 0 Å². The van der Waals surface area contributed by atoms with E-state index in [4.69, 9.17) is 5.11 Å². The number of nitrogens with zero attached hydrogens (tertiary/aromatic N) is 1. The van der Waals surface area contributed by atoms with E-state index in [1.165, 1.54) is 0 Å². The summed E-state index contributed by atoms with van der Waals surface area (Å²) >= 11 is 0. The van der Waals surface area contributed by atoms with Gasteiger partial charge in [0.05, 0.1) is 4.90 Å². The molecule has 1 saturated heterocycles. The first-order valence-electron chi connectivity index (χ1n) is 8.72. The van der Waals surface area contributed by atoms with Crippen molar-refractivity contribution in [1.29, 1.82) is 0 Å². The van der Waals surface area contributed by atoms with Gasteiger partial charge in [0.15, 0.2) is 0 Å². The zero-order valence-corrected chi connectivity index (χ0v) is 16.2. The van der Waals surface area contributed by atoms with Crippen molar-refractivity contribution in [2.45, 2.75) is 57.4 Å². The number of carboxylic acids is 1. The third-order valence-electron chi connectivity index (χ3n) is 4.53. The van der Waals surface area contributed by atoms with Crippen LogP contribution >= 0.6 is 0 Å². The van der Waals surface area contributed by atoms with Crippen LogP contribution in [0.4, 0.5) is 0 Å². The number of hydrogen-bond acceptors (Lipinski definition) is 4. The van der Waals surface area contributed by atoms with Crippen LogP contribution in [0.1, 0.15) is 42.4 Å². The average molecular weight is 382 g/mol. The van der Waals surface area contributed by atoms with Gasteiger partial charge in [-0.15, -0.1) is 0 Å². The van der Waals surface area contributed by atoms with Crippen molar-refractivity contribution >= 4 is 21.9 Å². The molecule has 0 spiro atoms. The van der Waals surface area contributed by atoms with Crippen LogP contribution in [0.3, 0.4) is 0 Å². The molecule has 1 aliphatic heterocycles. The van der Waals surface area contributed by atoms with Crippen molar-refractivity contribution in [2.75, 3.05) is 13.1 Å². The molecule has 1 aliphatic rings. The summed E-state index contributed by atoms with van der Waals surface area (Å²) in [5.41, 5.74) is 2.15. The van der Waals surface area contributed by atoms with Gasteiger partial charge < -0.3 is 10.0 Å². The van der Waals surface area contributed by atoms with Crippen LogP contribution in [0.5, 0.6) is 0 Å². The number of benzene rings is 1. The summed E-state index contributed by atoms with van der Waals surface area (Å²) < 4.78 is 28.3. The Labute approximate surface area is 154 Å².